The average molecular weight is 297 g/mol. The van der Waals surface area contributed by atoms with Gasteiger partial charge in [0.2, 0.25) is 0 Å². The van der Waals surface area contributed by atoms with E-state index in [0.29, 0.717) is 13.1 Å². The van der Waals surface area contributed by atoms with Crippen molar-refractivity contribution in [3.8, 4) is 0 Å². The number of carbonyl (C=O) groups is 1. The van der Waals surface area contributed by atoms with Crippen molar-refractivity contribution in [2.24, 2.45) is 0 Å². The molecule has 1 aromatic carbocycles. The average Bonchev–Trinajstić information content (AvgIpc) is 2.46. The van der Waals surface area contributed by atoms with Crippen LogP contribution in [-0.2, 0) is 4.79 Å². The van der Waals surface area contributed by atoms with Crippen LogP contribution in [0.25, 0.3) is 0 Å². The van der Waals surface area contributed by atoms with E-state index in [9.17, 15) is 9.90 Å². The van der Waals surface area contributed by atoms with Crippen molar-refractivity contribution >= 4 is 17.5 Å². The van der Waals surface area contributed by atoms with Gasteiger partial charge in [0.25, 0.3) is 5.91 Å². The topological polar surface area (TPSA) is 43.8 Å². The van der Waals surface area contributed by atoms with Crippen LogP contribution in [0.15, 0.2) is 24.3 Å². The molecular formula is C15H21ClN2O2. The van der Waals surface area contributed by atoms with Gasteiger partial charge in [0.15, 0.2) is 0 Å². The molecule has 2 rings (SSSR count). The second-order valence-electron chi connectivity index (χ2n) is 5.27. The number of benzene rings is 1. The predicted octanol–water partition coefficient (Wildman–Crippen LogP) is 1.93. The predicted molar refractivity (Wildman–Crippen MR) is 79.7 cm³/mol. The Morgan fingerprint density at radius 3 is 2.45 bits per heavy atom. The van der Waals surface area contributed by atoms with Crippen LogP contribution in [0.2, 0.25) is 5.02 Å². The number of hydrogen-bond donors (Lipinski definition) is 1. The molecule has 1 aromatic rings. The number of aliphatic hydroxyl groups is 1. The molecule has 20 heavy (non-hydrogen) atoms. The molecule has 1 saturated heterocycles. The normalized spacial score (nSPS) is 19.7. The quantitative estimate of drug-likeness (QED) is 0.927. The highest BCUT2D eigenvalue weighted by Crippen LogP contribution is 2.24. The van der Waals surface area contributed by atoms with Crippen LogP contribution in [0.5, 0.6) is 0 Å². The standard InChI is InChI=1S/C15H21ClN2O2/c1-11(13-4-3-5-14(16)10-13)17-6-8-18(9-7-17)15(20)12(2)19/h3-5,10-12,19H,6-9H2,1-2H3. The molecule has 2 atom stereocenters. The summed E-state index contributed by atoms with van der Waals surface area (Å²) in [7, 11) is 0. The lowest BCUT2D eigenvalue weighted by molar-refractivity contribution is -0.141. The molecular weight excluding hydrogens is 276 g/mol. The number of rotatable bonds is 3. The SMILES string of the molecule is CC(O)C(=O)N1CCN(C(C)c2cccc(Cl)c2)CC1. The van der Waals surface area contributed by atoms with Crippen LogP contribution in [-0.4, -0.2) is 53.1 Å². The Morgan fingerprint density at radius 2 is 1.90 bits per heavy atom. The van der Waals surface area contributed by atoms with Crippen LogP contribution in [0.3, 0.4) is 0 Å². The molecule has 1 aliphatic heterocycles. The van der Waals surface area contributed by atoms with Gasteiger partial charge < -0.3 is 10.0 Å². The number of aliphatic hydroxyl groups excluding tert-OH is 1. The maximum Gasteiger partial charge on any atom is 0.251 e. The molecule has 5 heteroatoms. The first-order valence-corrected chi connectivity index (χ1v) is 7.33. The molecule has 0 spiro atoms. The van der Waals surface area contributed by atoms with Gasteiger partial charge in [0.1, 0.15) is 6.10 Å². The first-order chi connectivity index (χ1) is 9.49. The summed E-state index contributed by atoms with van der Waals surface area (Å²) in [5.74, 6) is -0.181. The van der Waals surface area contributed by atoms with Crippen molar-refractivity contribution in [1.82, 2.24) is 9.80 Å². The highest BCUT2D eigenvalue weighted by atomic mass is 35.5. The van der Waals surface area contributed by atoms with Gasteiger partial charge in [-0.1, -0.05) is 23.7 Å². The van der Waals surface area contributed by atoms with E-state index in [0.717, 1.165) is 18.1 Å². The maximum atomic E-state index is 11.7. The zero-order valence-electron chi connectivity index (χ0n) is 11.9. The molecule has 0 saturated carbocycles. The Labute approximate surface area is 124 Å². The highest BCUT2D eigenvalue weighted by molar-refractivity contribution is 6.30. The van der Waals surface area contributed by atoms with E-state index >= 15 is 0 Å². The van der Waals surface area contributed by atoms with E-state index in [4.69, 9.17) is 11.6 Å². The Kier molecular flexibility index (Phi) is 5.02. The van der Waals surface area contributed by atoms with E-state index in [2.05, 4.69) is 17.9 Å². The van der Waals surface area contributed by atoms with Crippen molar-refractivity contribution in [3.05, 3.63) is 34.9 Å². The first-order valence-electron chi connectivity index (χ1n) is 6.95. The molecule has 1 heterocycles. The number of halogens is 1. The molecule has 2 unspecified atom stereocenters. The molecule has 0 aromatic heterocycles. The van der Waals surface area contributed by atoms with Gasteiger partial charge >= 0.3 is 0 Å². The Balaban J connectivity index is 1.95. The number of hydrogen-bond acceptors (Lipinski definition) is 3. The van der Waals surface area contributed by atoms with Gasteiger partial charge in [0.05, 0.1) is 0 Å². The number of nitrogens with zero attached hydrogens (tertiary/aromatic N) is 2. The van der Waals surface area contributed by atoms with Crippen molar-refractivity contribution in [2.75, 3.05) is 26.2 Å². The lowest BCUT2D eigenvalue weighted by atomic mass is 10.1. The van der Waals surface area contributed by atoms with Gasteiger partial charge in [-0.2, -0.15) is 0 Å². The summed E-state index contributed by atoms with van der Waals surface area (Å²) >= 11 is 6.03. The Morgan fingerprint density at radius 1 is 1.25 bits per heavy atom. The van der Waals surface area contributed by atoms with E-state index < -0.39 is 6.10 Å². The van der Waals surface area contributed by atoms with Crippen molar-refractivity contribution in [2.45, 2.75) is 26.0 Å². The first kappa shape index (κ1) is 15.3. The number of carbonyl (C=O) groups excluding carboxylic acids is 1. The summed E-state index contributed by atoms with van der Waals surface area (Å²) in [6, 6.07) is 8.17. The third kappa shape index (κ3) is 3.51. The molecule has 0 radical (unpaired) electrons. The molecule has 1 fully saturated rings. The summed E-state index contributed by atoms with van der Waals surface area (Å²) in [6.45, 7) is 6.61. The van der Waals surface area contributed by atoms with Gasteiger partial charge in [-0.15, -0.1) is 0 Å². The van der Waals surface area contributed by atoms with Crippen LogP contribution >= 0.6 is 11.6 Å². The zero-order chi connectivity index (χ0) is 14.7. The maximum absolute atomic E-state index is 11.7. The van der Waals surface area contributed by atoms with Crippen molar-refractivity contribution in [3.63, 3.8) is 0 Å². The summed E-state index contributed by atoms with van der Waals surface area (Å²) in [5.41, 5.74) is 1.19. The highest BCUT2D eigenvalue weighted by Gasteiger charge is 2.26. The van der Waals surface area contributed by atoms with Crippen LogP contribution in [0.4, 0.5) is 0 Å². The van der Waals surface area contributed by atoms with Gasteiger partial charge in [-0.3, -0.25) is 9.69 Å². The molecule has 0 bridgehead atoms. The minimum absolute atomic E-state index is 0.181. The third-order valence-corrected chi connectivity index (χ3v) is 4.10. The summed E-state index contributed by atoms with van der Waals surface area (Å²) in [5, 5.41) is 10.1. The van der Waals surface area contributed by atoms with E-state index in [-0.39, 0.29) is 11.9 Å². The fraction of sp³-hybridized carbons (Fsp3) is 0.533. The van der Waals surface area contributed by atoms with Crippen molar-refractivity contribution < 1.29 is 9.90 Å². The molecule has 1 aliphatic rings. The fourth-order valence-corrected chi connectivity index (χ4v) is 2.77. The van der Waals surface area contributed by atoms with Gasteiger partial charge in [-0.05, 0) is 31.5 Å². The van der Waals surface area contributed by atoms with Crippen molar-refractivity contribution in [1.29, 1.82) is 0 Å². The van der Waals surface area contributed by atoms with E-state index in [1.165, 1.54) is 12.5 Å². The molecule has 110 valence electrons. The van der Waals surface area contributed by atoms with Crippen LogP contribution < -0.4 is 0 Å². The second kappa shape index (κ2) is 6.57. The van der Waals surface area contributed by atoms with E-state index in [1.807, 2.05) is 18.2 Å². The Hall–Kier alpha value is -1.10. The molecule has 1 amide bonds. The smallest absolute Gasteiger partial charge is 0.251 e. The summed E-state index contributed by atoms with van der Waals surface area (Å²) < 4.78 is 0. The molecule has 1 N–H and O–H groups in total. The zero-order valence-corrected chi connectivity index (χ0v) is 12.7. The third-order valence-electron chi connectivity index (χ3n) is 3.86. The monoisotopic (exact) mass is 296 g/mol. The minimum atomic E-state index is -0.910. The van der Waals surface area contributed by atoms with Gasteiger partial charge in [0, 0.05) is 37.2 Å². The molecule has 0 aliphatic carbocycles. The Bertz CT molecular complexity index is 471. The number of piperazine rings is 1. The lowest BCUT2D eigenvalue weighted by Gasteiger charge is -2.38. The molecule has 4 nitrogen and oxygen atoms in total. The number of amides is 1. The van der Waals surface area contributed by atoms with Crippen LogP contribution in [0, 0.1) is 0 Å². The summed E-state index contributed by atoms with van der Waals surface area (Å²) in [6.07, 6.45) is -0.910. The van der Waals surface area contributed by atoms with Crippen LogP contribution in [0.1, 0.15) is 25.5 Å². The minimum Gasteiger partial charge on any atom is -0.384 e. The van der Waals surface area contributed by atoms with Gasteiger partial charge in [-0.25, -0.2) is 0 Å². The summed E-state index contributed by atoms with van der Waals surface area (Å²) in [4.78, 5) is 15.8. The van der Waals surface area contributed by atoms with E-state index in [1.54, 1.807) is 4.90 Å². The lowest BCUT2D eigenvalue weighted by Crippen LogP contribution is -2.51. The fourth-order valence-electron chi connectivity index (χ4n) is 2.57. The second-order valence-corrected chi connectivity index (χ2v) is 5.70. The largest absolute Gasteiger partial charge is 0.384 e.